The summed E-state index contributed by atoms with van der Waals surface area (Å²) in [7, 11) is 0. The Bertz CT molecular complexity index is 1100. The van der Waals surface area contributed by atoms with Crippen molar-refractivity contribution in [3.05, 3.63) is 78.0 Å². The minimum atomic E-state index is -0.291. The Kier molecular flexibility index (Phi) is 5.86. The van der Waals surface area contributed by atoms with Crippen LogP contribution >= 0.6 is 0 Å². The highest BCUT2D eigenvalue weighted by atomic mass is 16.2. The summed E-state index contributed by atoms with van der Waals surface area (Å²) < 4.78 is 0. The van der Waals surface area contributed by atoms with Crippen LogP contribution in [0.15, 0.2) is 66.9 Å². The number of hydrogen-bond donors (Lipinski definition) is 2. The fraction of sp³-hybridized carbons (Fsp3) is 0.208. The molecule has 2 aromatic carbocycles. The van der Waals surface area contributed by atoms with Gasteiger partial charge in [0.05, 0.1) is 11.6 Å². The topological polar surface area (TPSA) is 88.3 Å². The van der Waals surface area contributed by atoms with Crippen LogP contribution in [0.4, 0.5) is 5.69 Å². The number of nitrogens with zero attached hydrogens (tertiary/aromatic N) is 2. The molecule has 1 aliphatic heterocycles. The molecular weight excluding hydrogens is 376 g/mol. The number of nitrogens with two attached hydrogens (primary N) is 1. The maximum Gasteiger partial charge on any atom is 0.248 e. The summed E-state index contributed by atoms with van der Waals surface area (Å²) in [5.74, 6) is -0.510. The molecule has 6 heteroatoms. The zero-order chi connectivity index (χ0) is 20.9. The summed E-state index contributed by atoms with van der Waals surface area (Å²) in [5, 5.41) is 3.99. The molecule has 0 radical (unpaired) electrons. The molecule has 1 atom stereocenters. The van der Waals surface area contributed by atoms with Crippen LogP contribution in [0.1, 0.15) is 24.0 Å². The van der Waals surface area contributed by atoms with Crippen molar-refractivity contribution >= 4 is 34.5 Å². The zero-order valence-electron chi connectivity index (χ0n) is 16.6. The predicted octanol–water partition coefficient (Wildman–Crippen LogP) is 3.34. The first kappa shape index (κ1) is 19.8. The van der Waals surface area contributed by atoms with Gasteiger partial charge in [0.2, 0.25) is 11.8 Å². The molecular formula is C24H24N4O2. The van der Waals surface area contributed by atoms with E-state index in [0.717, 1.165) is 47.1 Å². The quantitative estimate of drug-likeness (QED) is 0.621. The molecule has 1 aliphatic rings. The van der Waals surface area contributed by atoms with Crippen LogP contribution in [0.2, 0.25) is 0 Å². The first-order valence-electron chi connectivity index (χ1n) is 10.1. The van der Waals surface area contributed by atoms with Gasteiger partial charge in [0, 0.05) is 35.5 Å². The predicted molar refractivity (Wildman–Crippen MR) is 118 cm³/mol. The second-order valence-electron chi connectivity index (χ2n) is 7.43. The van der Waals surface area contributed by atoms with Crippen molar-refractivity contribution in [3.8, 4) is 0 Å². The van der Waals surface area contributed by atoms with Crippen LogP contribution in [0.3, 0.4) is 0 Å². The molecule has 0 spiro atoms. The third-order valence-electron chi connectivity index (χ3n) is 5.42. The molecule has 0 aliphatic carbocycles. The highest BCUT2D eigenvalue weighted by molar-refractivity contribution is 6.03. The lowest BCUT2D eigenvalue weighted by Gasteiger charge is -2.23. The maximum atomic E-state index is 12.6. The molecule has 6 nitrogen and oxygen atoms in total. The summed E-state index contributed by atoms with van der Waals surface area (Å²) in [4.78, 5) is 30.7. The van der Waals surface area contributed by atoms with Crippen molar-refractivity contribution in [2.24, 2.45) is 5.73 Å². The van der Waals surface area contributed by atoms with Gasteiger partial charge in [0.15, 0.2) is 0 Å². The van der Waals surface area contributed by atoms with Crippen LogP contribution in [-0.2, 0) is 16.1 Å². The standard InChI is InChI=1S/C24H24N4O2/c25-24(30)21-11-5-15-28(21)16-19-6-1-2-10-20(19)27-22(29)13-12-18-8-3-7-17-9-4-14-26-23(17)18/h1-4,6-10,12-14,21H,5,11,15-16H2,(H2,25,30)(H,27,29)/b13-12+. The van der Waals surface area contributed by atoms with Crippen LogP contribution in [0.5, 0.6) is 0 Å². The van der Waals surface area contributed by atoms with Gasteiger partial charge < -0.3 is 11.1 Å². The molecule has 3 aromatic rings. The number of amides is 2. The van der Waals surface area contributed by atoms with Gasteiger partial charge in [0.1, 0.15) is 0 Å². The van der Waals surface area contributed by atoms with E-state index < -0.39 is 0 Å². The minimum Gasteiger partial charge on any atom is -0.368 e. The Morgan fingerprint density at radius 1 is 1.13 bits per heavy atom. The molecule has 3 N–H and O–H groups in total. The number of carbonyl (C=O) groups excluding carboxylic acids is 2. The van der Waals surface area contributed by atoms with Crippen LogP contribution in [0, 0.1) is 0 Å². The first-order chi connectivity index (χ1) is 14.6. The smallest absolute Gasteiger partial charge is 0.248 e. The van der Waals surface area contributed by atoms with Gasteiger partial charge in [-0.25, -0.2) is 0 Å². The molecule has 1 saturated heterocycles. The molecule has 4 rings (SSSR count). The Morgan fingerprint density at radius 2 is 1.97 bits per heavy atom. The summed E-state index contributed by atoms with van der Waals surface area (Å²) in [5.41, 5.74) is 8.97. The van der Waals surface area contributed by atoms with Crippen molar-refractivity contribution in [1.29, 1.82) is 0 Å². The largest absolute Gasteiger partial charge is 0.368 e. The summed E-state index contributed by atoms with van der Waals surface area (Å²) in [6.45, 7) is 1.39. The number of fused-ring (bicyclic) bond motifs is 1. The second kappa shape index (κ2) is 8.88. The highest BCUT2D eigenvalue weighted by Gasteiger charge is 2.29. The number of hydrogen-bond acceptors (Lipinski definition) is 4. The van der Waals surface area contributed by atoms with E-state index in [2.05, 4.69) is 15.2 Å². The first-order valence-corrected chi connectivity index (χ1v) is 10.1. The lowest BCUT2D eigenvalue weighted by atomic mass is 10.1. The van der Waals surface area contributed by atoms with E-state index >= 15 is 0 Å². The van der Waals surface area contributed by atoms with Gasteiger partial charge in [-0.3, -0.25) is 19.5 Å². The molecule has 30 heavy (non-hydrogen) atoms. The number of para-hydroxylation sites is 2. The Balaban J connectivity index is 1.48. The van der Waals surface area contributed by atoms with Gasteiger partial charge in [-0.1, -0.05) is 42.5 Å². The number of anilines is 1. The van der Waals surface area contributed by atoms with E-state index in [1.165, 1.54) is 6.08 Å². The van der Waals surface area contributed by atoms with E-state index in [9.17, 15) is 9.59 Å². The average Bonchev–Trinajstić information content (AvgIpc) is 3.22. The molecule has 2 amide bonds. The van der Waals surface area contributed by atoms with Gasteiger partial charge in [0.25, 0.3) is 0 Å². The monoisotopic (exact) mass is 400 g/mol. The Labute approximate surface area is 175 Å². The van der Waals surface area contributed by atoms with Crippen LogP contribution < -0.4 is 11.1 Å². The lowest BCUT2D eigenvalue weighted by Crippen LogP contribution is -2.39. The second-order valence-corrected chi connectivity index (χ2v) is 7.43. The molecule has 0 bridgehead atoms. The SMILES string of the molecule is NC(=O)C1CCCN1Cc1ccccc1NC(=O)/C=C/c1cccc2cccnc12. The molecule has 1 fully saturated rings. The summed E-state index contributed by atoms with van der Waals surface area (Å²) in [6.07, 6.45) is 6.77. The highest BCUT2D eigenvalue weighted by Crippen LogP contribution is 2.24. The Morgan fingerprint density at radius 3 is 2.83 bits per heavy atom. The van der Waals surface area contributed by atoms with E-state index in [1.54, 1.807) is 12.3 Å². The van der Waals surface area contributed by atoms with Gasteiger partial charge in [-0.2, -0.15) is 0 Å². The molecule has 2 heterocycles. The van der Waals surface area contributed by atoms with Gasteiger partial charge in [-0.05, 0) is 43.2 Å². The van der Waals surface area contributed by atoms with Crippen LogP contribution in [-0.4, -0.2) is 34.3 Å². The van der Waals surface area contributed by atoms with E-state index in [-0.39, 0.29) is 17.9 Å². The normalized spacial score (nSPS) is 16.9. The number of carbonyl (C=O) groups is 2. The Hall–Kier alpha value is -3.51. The van der Waals surface area contributed by atoms with Crippen molar-refractivity contribution < 1.29 is 9.59 Å². The maximum absolute atomic E-state index is 12.6. The zero-order valence-corrected chi connectivity index (χ0v) is 16.6. The van der Waals surface area contributed by atoms with Crippen LogP contribution in [0.25, 0.3) is 17.0 Å². The van der Waals surface area contributed by atoms with E-state index in [0.29, 0.717) is 6.54 Å². The third-order valence-corrected chi connectivity index (χ3v) is 5.42. The van der Waals surface area contributed by atoms with E-state index in [1.807, 2.05) is 54.6 Å². The molecule has 0 saturated carbocycles. The number of pyridine rings is 1. The molecule has 1 unspecified atom stereocenters. The molecule has 1 aromatic heterocycles. The third kappa shape index (κ3) is 4.39. The van der Waals surface area contributed by atoms with Crippen molar-refractivity contribution in [2.45, 2.75) is 25.4 Å². The summed E-state index contributed by atoms with van der Waals surface area (Å²) in [6, 6.07) is 17.2. The van der Waals surface area contributed by atoms with Crippen molar-refractivity contribution in [3.63, 3.8) is 0 Å². The fourth-order valence-corrected chi connectivity index (χ4v) is 3.94. The number of rotatable bonds is 6. The molecule has 152 valence electrons. The van der Waals surface area contributed by atoms with Crippen molar-refractivity contribution in [2.75, 3.05) is 11.9 Å². The number of likely N-dealkylation sites (tertiary alicyclic amines) is 1. The number of benzene rings is 2. The van der Waals surface area contributed by atoms with E-state index in [4.69, 9.17) is 5.73 Å². The number of aromatic nitrogens is 1. The van der Waals surface area contributed by atoms with Gasteiger partial charge >= 0.3 is 0 Å². The number of primary amides is 1. The number of nitrogens with one attached hydrogen (secondary N) is 1. The fourth-order valence-electron chi connectivity index (χ4n) is 3.94. The minimum absolute atomic E-state index is 0.219. The average molecular weight is 400 g/mol. The lowest BCUT2D eigenvalue weighted by molar-refractivity contribution is -0.122. The van der Waals surface area contributed by atoms with Gasteiger partial charge in [-0.15, -0.1) is 0 Å². The summed E-state index contributed by atoms with van der Waals surface area (Å²) >= 11 is 0. The van der Waals surface area contributed by atoms with Crippen molar-refractivity contribution in [1.82, 2.24) is 9.88 Å².